The van der Waals surface area contributed by atoms with Gasteiger partial charge in [0.2, 0.25) is 10.0 Å². The number of nitrogens with one attached hydrogen (secondary N) is 1. The molecule has 0 saturated carbocycles. The molecule has 0 spiro atoms. The molecule has 0 bridgehead atoms. The maximum Gasteiger partial charge on any atom is 0.215 e. The van der Waals surface area contributed by atoms with E-state index in [0.717, 1.165) is 32.2 Å². The summed E-state index contributed by atoms with van der Waals surface area (Å²) in [6, 6.07) is 0. The summed E-state index contributed by atoms with van der Waals surface area (Å²) in [5, 5.41) is 3.12. The van der Waals surface area contributed by atoms with Gasteiger partial charge in [-0.1, -0.05) is 19.8 Å². The largest absolute Gasteiger partial charge is 0.316 e. The van der Waals surface area contributed by atoms with Crippen molar-refractivity contribution in [3.8, 4) is 0 Å². The van der Waals surface area contributed by atoms with Gasteiger partial charge in [-0.3, -0.25) is 0 Å². The van der Waals surface area contributed by atoms with E-state index in [9.17, 15) is 8.42 Å². The van der Waals surface area contributed by atoms with Gasteiger partial charge >= 0.3 is 0 Å². The number of rotatable bonds is 4. The van der Waals surface area contributed by atoms with E-state index in [4.69, 9.17) is 0 Å². The first-order valence-corrected chi connectivity index (χ1v) is 7.46. The van der Waals surface area contributed by atoms with E-state index >= 15 is 0 Å². The highest BCUT2D eigenvalue weighted by molar-refractivity contribution is 7.89. The molecule has 1 saturated heterocycles. The summed E-state index contributed by atoms with van der Waals surface area (Å²) in [6.45, 7) is 5.04. The number of hydrogen-bond donors (Lipinski definition) is 1. The predicted octanol–water partition coefficient (Wildman–Crippen LogP) is 0.802. The zero-order chi connectivity index (χ0) is 11.1. The molecule has 0 radical (unpaired) electrons. The number of nitrogens with zero attached hydrogens (tertiary/aromatic N) is 1. The molecular weight excluding hydrogens is 212 g/mol. The van der Waals surface area contributed by atoms with E-state index in [1.807, 2.05) is 0 Å². The SMILES string of the molecule is CCCCCN1CCCNCCS1(=O)=O. The molecule has 0 atom stereocenters. The average Bonchev–Trinajstić information content (AvgIpc) is 2.18. The lowest BCUT2D eigenvalue weighted by Gasteiger charge is -2.24. The molecule has 1 aliphatic rings. The maximum absolute atomic E-state index is 11.8. The molecule has 0 amide bonds. The van der Waals surface area contributed by atoms with Crippen LogP contribution >= 0.6 is 0 Å². The first-order valence-electron chi connectivity index (χ1n) is 5.85. The second kappa shape index (κ2) is 6.45. The first kappa shape index (κ1) is 12.9. The molecule has 0 aromatic heterocycles. The highest BCUT2D eigenvalue weighted by atomic mass is 32.2. The highest BCUT2D eigenvalue weighted by Gasteiger charge is 2.21. The highest BCUT2D eigenvalue weighted by Crippen LogP contribution is 2.07. The Balaban J connectivity index is 2.48. The zero-order valence-electron chi connectivity index (χ0n) is 9.54. The molecule has 0 aliphatic carbocycles. The van der Waals surface area contributed by atoms with Crippen LogP contribution in [-0.2, 0) is 10.0 Å². The van der Waals surface area contributed by atoms with E-state index < -0.39 is 10.0 Å². The van der Waals surface area contributed by atoms with Crippen molar-refractivity contribution < 1.29 is 8.42 Å². The van der Waals surface area contributed by atoms with Gasteiger partial charge in [0.15, 0.2) is 0 Å². The van der Waals surface area contributed by atoms with Gasteiger partial charge in [-0.25, -0.2) is 12.7 Å². The average molecular weight is 234 g/mol. The zero-order valence-corrected chi connectivity index (χ0v) is 10.4. The molecule has 15 heavy (non-hydrogen) atoms. The van der Waals surface area contributed by atoms with Crippen molar-refractivity contribution in [2.24, 2.45) is 0 Å². The Hall–Kier alpha value is -0.130. The van der Waals surface area contributed by atoms with Crippen molar-refractivity contribution in [2.75, 3.05) is 31.9 Å². The third kappa shape index (κ3) is 4.49. The summed E-state index contributed by atoms with van der Waals surface area (Å²) in [5.41, 5.74) is 0. The molecule has 1 fully saturated rings. The Labute approximate surface area is 93.1 Å². The molecule has 0 aromatic rings. The van der Waals surface area contributed by atoms with E-state index in [0.29, 0.717) is 19.6 Å². The Bertz CT molecular complexity index is 265. The summed E-state index contributed by atoms with van der Waals surface area (Å²) in [4.78, 5) is 0. The van der Waals surface area contributed by atoms with E-state index in [2.05, 4.69) is 12.2 Å². The first-order chi connectivity index (χ1) is 7.17. The minimum Gasteiger partial charge on any atom is -0.316 e. The quantitative estimate of drug-likeness (QED) is 0.732. The monoisotopic (exact) mass is 234 g/mol. The fourth-order valence-corrected chi connectivity index (χ4v) is 3.24. The Morgan fingerprint density at radius 2 is 2.07 bits per heavy atom. The van der Waals surface area contributed by atoms with Crippen LogP contribution in [0.25, 0.3) is 0 Å². The molecule has 0 aromatic carbocycles. The van der Waals surface area contributed by atoms with Crippen molar-refractivity contribution in [3.05, 3.63) is 0 Å². The smallest absolute Gasteiger partial charge is 0.215 e. The normalized spacial score (nSPS) is 23.3. The Kier molecular flexibility index (Phi) is 5.56. The van der Waals surface area contributed by atoms with Crippen LogP contribution in [0.5, 0.6) is 0 Å². The molecule has 5 heteroatoms. The van der Waals surface area contributed by atoms with Crippen molar-refractivity contribution in [3.63, 3.8) is 0 Å². The third-order valence-electron chi connectivity index (χ3n) is 2.70. The third-order valence-corrected chi connectivity index (χ3v) is 4.57. The number of hydrogen-bond acceptors (Lipinski definition) is 3. The van der Waals surface area contributed by atoms with Crippen LogP contribution in [0.2, 0.25) is 0 Å². The fourth-order valence-electron chi connectivity index (χ4n) is 1.76. The van der Waals surface area contributed by atoms with Crippen LogP contribution in [-0.4, -0.2) is 44.7 Å². The number of unbranched alkanes of at least 4 members (excludes halogenated alkanes) is 2. The Morgan fingerprint density at radius 3 is 2.80 bits per heavy atom. The minimum absolute atomic E-state index is 0.249. The van der Waals surface area contributed by atoms with Gasteiger partial charge < -0.3 is 5.32 Å². The minimum atomic E-state index is -2.99. The van der Waals surface area contributed by atoms with Crippen LogP contribution < -0.4 is 5.32 Å². The second-order valence-electron chi connectivity index (χ2n) is 4.03. The molecule has 1 heterocycles. The molecule has 4 nitrogen and oxygen atoms in total. The van der Waals surface area contributed by atoms with Crippen LogP contribution in [0.15, 0.2) is 0 Å². The summed E-state index contributed by atoms with van der Waals surface area (Å²) in [6.07, 6.45) is 4.16. The lowest BCUT2D eigenvalue weighted by molar-refractivity contribution is 0.382. The van der Waals surface area contributed by atoms with Gasteiger partial charge in [0.05, 0.1) is 5.75 Å². The van der Waals surface area contributed by atoms with Gasteiger partial charge in [-0.15, -0.1) is 0 Å². The van der Waals surface area contributed by atoms with E-state index in [1.54, 1.807) is 4.31 Å². The topological polar surface area (TPSA) is 49.4 Å². The van der Waals surface area contributed by atoms with Crippen molar-refractivity contribution in [2.45, 2.75) is 32.6 Å². The molecule has 1 aliphatic heterocycles. The lowest BCUT2D eigenvalue weighted by Crippen LogP contribution is -2.41. The number of sulfonamides is 1. The van der Waals surface area contributed by atoms with Gasteiger partial charge in [-0.2, -0.15) is 0 Å². The predicted molar refractivity (Wildman–Crippen MR) is 62.4 cm³/mol. The van der Waals surface area contributed by atoms with Crippen molar-refractivity contribution in [1.82, 2.24) is 9.62 Å². The van der Waals surface area contributed by atoms with E-state index in [-0.39, 0.29) is 5.75 Å². The van der Waals surface area contributed by atoms with Gasteiger partial charge in [-0.05, 0) is 19.4 Å². The van der Waals surface area contributed by atoms with Crippen LogP contribution in [0.1, 0.15) is 32.6 Å². The summed E-state index contributed by atoms with van der Waals surface area (Å²) < 4.78 is 25.3. The lowest BCUT2D eigenvalue weighted by atomic mass is 10.2. The molecule has 1 N–H and O–H groups in total. The van der Waals surface area contributed by atoms with Gasteiger partial charge in [0.25, 0.3) is 0 Å². The summed E-state index contributed by atoms with van der Waals surface area (Å²) in [5.74, 6) is 0.249. The van der Waals surface area contributed by atoms with Crippen LogP contribution in [0.4, 0.5) is 0 Å². The molecular formula is C10H22N2O2S. The van der Waals surface area contributed by atoms with Crippen LogP contribution in [0, 0.1) is 0 Å². The van der Waals surface area contributed by atoms with Gasteiger partial charge in [0, 0.05) is 19.6 Å². The summed E-state index contributed by atoms with van der Waals surface area (Å²) >= 11 is 0. The second-order valence-corrected chi connectivity index (χ2v) is 6.11. The van der Waals surface area contributed by atoms with Crippen LogP contribution in [0.3, 0.4) is 0 Å². The summed E-state index contributed by atoms with van der Waals surface area (Å²) in [7, 11) is -2.99. The van der Waals surface area contributed by atoms with Crippen molar-refractivity contribution >= 4 is 10.0 Å². The molecule has 1 rings (SSSR count). The van der Waals surface area contributed by atoms with Crippen molar-refractivity contribution in [1.29, 1.82) is 0 Å². The van der Waals surface area contributed by atoms with E-state index in [1.165, 1.54) is 0 Å². The molecule has 0 unspecified atom stereocenters. The van der Waals surface area contributed by atoms with Gasteiger partial charge in [0.1, 0.15) is 0 Å². The maximum atomic E-state index is 11.8. The standard InChI is InChI=1S/C10H22N2O2S/c1-2-3-4-8-12-9-5-6-11-7-10-15(12,13)14/h11H,2-10H2,1H3. The Morgan fingerprint density at radius 1 is 1.27 bits per heavy atom. The fraction of sp³-hybridized carbons (Fsp3) is 1.00. The molecule has 90 valence electrons.